The van der Waals surface area contributed by atoms with Crippen molar-refractivity contribution in [1.82, 2.24) is 9.62 Å². The minimum Gasteiger partial charge on any atom is -0.358 e. The van der Waals surface area contributed by atoms with Crippen molar-refractivity contribution in [1.29, 1.82) is 5.26 Å². The van der Waals surface area contributed by atoms with Crippen LogP contribution in [0, 0.1) is 11.3 Å². The van der Waals surface area contributed by atoms with Crippen LogP contribution in [0.15, 0.2) is 23.1 Å². The quantitative estimate of drug-likeness (QED) is 0.853. The molecule has 0 aliphatic carbocycles. The fraction of sp³-hybridized carbons (Fsp3) is 0.385. The molecule has 21 heavy (non-hydrogen) atoms. The second-order valence-electron chi connectivity index (χ2n) is 4.27. The van der Waals surface area contributed by atoms with Gasteiger partial charge in [0.15, 0.2) is 0 Å². The number of nitrogens with one attached hydrogen (secondary N) is 1. The molecule has 1 aromatic carbocycles. The number of nitrogens with zero attached hydrogens (tertiary/aromatic N) is 2. The molecule has 0 unspecified atom stereocenters. The topological polar surface area (TPSA) is 90.3 Å². The Labute approximate surface area is 129 Å². The van der Waals surface area contributed by atoms with Crippen LogP contribution >= 0.6 is 11.6 Å². The van der Waals surface area contributed by atoms with Crippen molar-refractivity contribution in [2.75, 3.05) is 20.1 Å². The molecule has 1 amide bonds. The normalized spacial score (nSPS) is 11.2. The summed E-state index contributed by atoms with van der Waals surface area (Å²) < 4.78 is 26.2. The van der Waals surface area contributed by atoms with E-state index in [2.05, 4.69) is 5.32 Å². The summed E-state index contributed by atoms with van der Waals surface area (Å²) in [6.07, 6.45) is 0.560. The van der Waals surface area contributed by atoms with Gasteiger partial charge in [-0.2, -0.15) is 9.57 Å². The van der Waals surface area contributed by atoms with Crippen LogP contribution < -0.4 is 5.32 Å². The number of amides is 1. The first kappa shape index (κ1) is 17.4. The Hall–Kier alpha value is -1.62. The standard InChI is InChI=1S/C13H16ClN3O3S/c1-3-6-17(9-13(18)16-2)21(19,20)12-5-4-10(8-15)7-11(12)14/h4-5,7H,3,6,9H2,1-2H3,(H,16,18). The second kappa shape index (κ2) is 7.41. The van der Waals surface area contributed by atoms with Crippen molar-refractivity contribution in [3.8, 4) is 6.07 Å². The molecule has 0 atom stereocenters. The maximum absolute atomic E-state index is 12.6. The number of likely N-dealkylation sites (N-methyl/N-ethyl adjacent to an activating group) is 1. The zero-order valence-electron chi connectivity index (χ0n) is 11.8. The third-order valence-electron chi connectivity index (χ3n) is 2.75. The number of nitriles is 1. The number of rotatable bonds is 6. The highest BCUT2D eigenvalue weighted by atomic mass is 35.5. The zero-order chi connectivity index (χ0) is 16.0. The third-order valence-corrected chi connectivity index (χ3v) is 5.08. The van der Waals surface area contributed by atoms with Crippen LogP contribution in [0.25, 0.3) is 0 Å². The number of hydrogen-bond donors (Lipinski definition) is 1. The molecule has 0 saturated carbocycles. The van der Waals surface area contributed by atoms with E-state index in [0.717, 1.165) is 4.31 Å². The molecule has 0 heterocycles. The molecule has 1 aromatic rings. The van der Waals surface area contributed by atoms with Crippen molar-refractivity contribution < 1.29 is 13.2 Å². The van der Waals surface area contributed by atoms with Gasteiger partial charge in [-0.05, 0) is 24.6 Å². The number of halogens is 1. The summed E-state index contributed by atoms with van der Waals surface area (Å²) >= 11 is 5.95. The Bertz CT molecular complexity index is 668. The van der Waals surface area contributed by atoms with Crippen LogP contribution in [-0.4, -0.2) is 38.8 Å². The lowest BCUT2D eigenvalue weighted by molar-refractivity contribution is -0.120. The number of hydrogen-bond acceptors (Lipinski definition) is 4. The highest BCUT2D eigenvalue weighted by molar-refractivity contribution is 7.89. The molecule has 0 spiro atoms. The SMILES string of the molecule is CCCN(CC(=O)NC)S(=O)(=O)c1ccc(C#N)cc1Cl. The van der Waals surface area contributed by atoms with Gasteiger partial charge in [-0.15, -0.1) is 0 Å². The van der Waals surface area contributed by atoms with Crippen LogP contribution in [0.2, 0.25) is 5.02 Å². The molecule has 1 N–H and O–H groups in total. The Morgan fingerprint density at radius 2 is 2.14 bits per heavy atom. The van der Waals surface area contributed by atoms with Gasteiger partial charge < -0.3 is 5.32 Å². The molecule has 0 radical (unpaired) electrons. The van der Waals surface area contributed by atoms with Crippen molar-refractivity contribution in [3.05, 3.63) is 28.8 Å². The predicted octanol–water partition coefficient (Wildman–Crippen LogP) is 1.36. The molecule has 0 aromatic heterocycles. The molecular weight excluding hydrogens is 314 g/mol. The molecule has 0 saturated heterocycles. The lowest BCUT2D eigenvalue weighted by Crippen LogP contribution is -2.40. The Balaban J connectivity index is 3.23. The molecule has 0 fully saturated rings. The summed E-state index contributed by atoms with van der Waals surface area (Å²) in [6.45, 7) is 1.74. The van der Waals surface area contributed by atoms with E-state index < -0.39 is 15.9 Å². The Morgan fingerprint density at radius 1 is 1.48 bits per heavy atom. The average molecular weight is 330 g/mol. The summed E-state index contributed by atoms with van der Waals surface area (Å²) in [6, 6.07) is 5.83. The van der Waals surface area contributed by atoms with Crippen molar-refractivity contribution >= 4 is 27.5 Å². The lowest BCUT2D eigenvalue weighted by Gasteiger charge is -2.21. The first-order valence-corrected chi connectivity index (χ1v) is 8.09. The molecule has 1 rings (SSSR count). The largest absolute Gasteiger partial charge is 0.358 e. The van der Waals surface area contributed by atoms with E-state index >= 15 is 0 Å². The van der Waals surface area contributed by atoms with E-state index in [-0.39, 0.29) is 28.6 Å². The first-order chi connectivity index (χ1) is 9.86. The summed E-state index contributed by atoms with van der Waals surface area (Å²) in [5.41, 5.74) is 0.271. The van der Waals surface area contributed by atoms with Crippen LogP contribution in [0.1, 0.15) is 18.9 Å². The van der Waals surface area contributed by atoms with E-state index in [4.69, 9.17) is 16.9 Å². The summed E-state index contributed by atoms with van der Waals surface area (Å²) in [4.78, 5) is 11.4. The maximum atomic E-state index is 12.6. The number of benzene rings is 1. The minimum absolute atomic E-state index is 0.0351. The van der Waals surface area contributed by atoms with Gasteiger partial charge in [0.25, 0.3) is 0 Å². The van der Waals surface area contributed by atoms with Gasteiger partial charge in [-0.25, -0.2) is 8.42 Å². The monoisotopic (exact) mass is 329 g/mol. The average Bonchev–Trinajstić information content (AvgIpc) is 2.45. The van der Waals surface area contributed by atoms with Crippen molar-refractivity contribution in [2.24, 2.45) is 0 Å². The second-order valence-corrected chi connectivity index (χ2v) is 6.58. The molecule has 0 aliphatic heterocycles. The molecule has 8 heteroatoms. The minimum atomic E-state index is -3.89. The fourth-order valence-electron chi connectivity index (χ4n) is 1.69. The first-order valence-electron chi connectivity index (χ1n) is 6.27. The molecular formula is C13H16ClN3O3S. The smallest absolute Gasteiger partial charge is 0.245 e. The van der Waals surface area contributed by atoms with Gasteiger partial charge in [0.2, 0.25) is 15.9 Å². The maximum Gasteiger partial charge on any atom is 0.245 e. The zero-order valence-corrected chi connectivity index (χ0v) is 13.3. The van der Waals surface area contributed by atoms with Gasteiger partial charge in [-0.3, -0.25) is 4.79 Å². The highest BCUT2D eigenvalue weighted by Gasteiger charge is 2.27. The Morgan fingerprint density at radius 3 is 2.62 bits per heavy atom. The van der Waals surface area contributed by atoms with Gasteiger partial charge in [0.1, 0.15) is 4.90 Å². The van der Waals surface area contributed by atoms with Crippen LogP contribution in [0.5, 0.6) is 0 Å². The van der Waals surface area contributed by atoms with E-state index in [1.807, 2.05) is 13.0 Å². The highest BCUT2D eigenvalue weighted by Crippen LogP contribution is 2.25. The lowest BCUT2D eigenvalue weighted by atomic mass is 10.2. The number of sulfonamides is 1. The summed E-state index contributed by atoms with van der Waals surface area (Å²) in [5.74, 6) is -0.406. The van der Waals surface area contributed by atoms with Crippen molar-refractivity contribution in [2.45, 2.75) is 18.2 Å². The number of carbonyl (C=O) groups excluding carboxylic acids is 1. The van der Waals surface area contributed by atoms with Gasteiger partial charge in [-0.1, -0.05) is 18.5 Å². The molecule has 6 nitrogen and oxygen atoms in total. The van der Waals surface area contributed by atoms with Crippen LogP contribution in [0.3, 0.4) is 0 Å². The van der Waals surface area contributed by atoms with E-state index in [0.29, 0.717) is 6.42 Å². The molecule has 114 valence electrons. The van der Waals surface area contributed by atoms with Crippen LogP contribution in [0.4, 0.5) is 0 Å². The summed E-state index contributed by atoms with van der Waals surface area (Å²) in [5, 5.41) is 11.1. The van der Waals surface area contributed by atoms with E-state index in [1.165, 1.54) is 25.2 Å². The number of carbonyl (C=O) groups is 1. The van der Waals surface area contributed by atoms with Gasteiger partial charge in [0, 0.05) is 13.6 Å². The van der Waals surface area contributed by atoms with E-state index in [1.54, 1.807) is 0 Å². The third kappa shape index (κ3) is 4.17. The van der Waals surface area contributed by atoms with Gasteiger partial charge in [0.05, 0.1) is 23.2 Å². The molecule has 0 bridgehead atoms. The predicted molar refractivity (Wildman–Crippen MR) is 79.3 cm³/mol. The fourth-order valence-corrected chi connectivity index (χ4v) is 3.70. The van der Waals surface area contributed by atoms with E-state index in [9.17, 15) is 13.2 Å². The summed E-state index contributed by atoms with van der Waals surface area (Å²) in [7, 11) is -2.45. The van der Waals surface area contributed by atoms with Gasteiger partial charge >= 0.3 is 0 Å². The van der Waals surface area contributed by atoms with Crippen LogP contribution in [-0.2, 0) is 14.8 Å². The van der Waals surface area contributed by atoms with Crippen molar-refractivity contribution in [3.63, 3.8) is 0 Å². The molecule has 0 aliphatic rings. The Kier molecular flexibility index (Phi) is 6.15.